The third kappa shape index (κ3) is 5.16. The maximum absolute atomic E-state index is 14.1. The minimum absolute atomic E-state index is 0.0762. The van der Waals surface area contributed by atoms with Crippen molar-refractivity contribution < 1.29 is 27.8 Å². The highest BCUT2D eigenvalue weighted by Gasteiger charge is 2.54. The molecule has 3 aromatic heterocycles. The van der Waals surface area contributed by atoms with Gasteiger partial charge in [-0.15, -0.1) is 22.7 Å². The summed E-state index contributed by atoms with van der Waals surface area (Å²) in [5.74, 6) is -0.799. The second-order valence-electron chi connectivity index (χ2n) is 10.5. The predicted octanol–water partition coefficient (Wildman–Crippen LogP) is 6.15. The molecule has 1 saturated carbocycles. The number of alkyl halides is 3. The summed E-state index contributed by atoms with van der Waals surface area (Å²) in [6.07, 6.45) is -4.73. The van der Waals surface area contributed by atoms with Gasteiger partial charge in [0.05, 0.1) is 33.6 Å². The Morgan fingerprint density at radius 1 is 1.10 bits per heavy atom. The van der Waals surface area contributed by atoms with Gasteiger partial charge in [0, 0.05) is 17.4 Å². The summed E-state index contributed by atoms with van der Waals surface area (Å²) in [6, 6.07) is 8.43. The summed E-state index contributed by atoms with van der Waals surface area (Å²) >= 11 is 2.47. The van der Waals surface area contributed by atoms with Gasteiger partial charge in [0.25, 0.3) is 0 Å². The number of aliphatic hydroxyl groups excluding tert-OH is 1. The van der Waals surface area contributed by atoms with Gasteiger partial charge in [-0.25, -0.2) is 9.97 Å². The second kappa shape index (κ2) is 10.2. The molecule has 1 saturated heterocycles. The first-order valence-electron chi connectivity index (χ1n) is 12.9. The van der Waals surface area contributed by atoms with Crippen LogP contribution in [-0.4, -0.2) is 56.9 Å². The van der Waals surface area contributed by atoms with Crippen molar-refractivity contribution in [2.75, 3.05) is 17.2 Å². The van der Waals surface area contributed by atoms with E-state index in [-0.39, 0.29) is 41.6 Å². The standard InChI is InChI=1S/C27H28F3N5O3S2/c1-13-19(24-33-15-7-4-5-8-17(15)40-24)23(32-16-11-14(12-36)20-21(16)38-26(2,3)37-20)35-25(31-13)34-22(27(28,29)30)18-9-6-10-39-18/h4-10,14,16,20-22,36H,11-12H2,1-3H3,(H2,31,32,34,35). The fourth-order valence-corrected chi connectivity index (χ4v) is 7.32. The van der Waals surface area contributed by atoms with Gasteiger partial charge in [-0.3, -0.25) is 0 Å². The highest BCUT2D eigenvalue weighted by Crippen LogP contribution is 2.44. The molecule has 1 aromatic carbocycles. The van der Waals surface area contributed by atoms with E-state index in [0.717, 1.165) is 21.6 Å². The Balaban J connectivity index is 1.42. The molecule has 4 heterocycles. The number of aliphatic hydroxyl groups is 1. The molecule has 13 heteroatoms. The lowest BCUT2D eigenvalue weighted by molar-refractivity contribution is -0.158. The van der Waals surface area contributed by atoms with Gasteiger partial charge < -0.3 is 25.2 Å². The number of para-hydroxylation sites is 1. The van der Waals surface area contributed by atoms with E-state index in [4.69, 9.17) is 14.5 Å². The molecule has 6 rings (SSSR count). The first-order valence-corrected chi connectivity index (χ1v) is 14.6. The van der Waals surface area contributed by atoms with Crippen LogP contribution in [0.4, 0.5) is 24.9 Å². The van der Waals surface area contributed by atoms with E-state index in [0.29, 0.717) is 28.5 Å². The number of fused-ring (bicyclic) bond motifs is 2. The molecular weight excluding hydrogens is 563 g/mol. The molecule has 8 nitrogen and oxygen atoms in total. The summed E-state index contributed by atoms with van der Waals surface area (Å²) in [5, 5.41) is 18.2. The fraction of sp³-hybridized carbons (Fsp3) is 0.444. The van der Waals surface area contributed by atoms with Crippen molar-refractivity contribution in [2.45, 2.75) is 63.4 Å². The molecule has 4 aromatic rings. The zero-order chi connectivity index (χ0) is 28.2. The van der Waals surface area contributed by atoms with Gasteiger partial charge in [-0.1, -0.05) is 18.2 Å². The fourth-order valence-electron chi connectivity index (χ4n) is 5.46. The number of aryl methyl sites for hydroxylation is 1. The third-order valence-electron chi connectivity index (χ3n) is 7.16. The molecule has 3 N–H and O–H groups in total. The van der Waals surface area contributed by atoms with Crippen LogP contribution in [0.2, 0.25) is 0 Å². The first kappa shape index (κ1) is 27.3. The number of hydrogen-bond donors (Lipinski definition) is 3. The Morgan fingerprint density at radius 2 is 1.88 bits per heavy atom. The molecule has 40 heavy (non-hydrogen) atoms. The number of nitrogens with one attached hydrogen (secondary N) is 2. The van der Waals surface area contributed by atoms with Crippen LogP contribution in [0.1, 0.15) is 36.9 Å². The summed E-state index contributed by atoms with van der Waals surface area (Å²) < 4.78 is 55.4. The lowest BCUT2D eigenvalue weighted by Gasteiger charge is -2.25. The second-order valence-corrected chi connectivity index (χ2v) is 12.5. The third-order valence-corrected chi connectivity index (χ3v) is 9.16. The number of rotatable bonds is 7. The first-order chi connectivity index (χ1) is 19.0. The van der Waals surface area contributed by atoms with Crippen LogP contribution in [0.25, 0.3) is 20.8 Å². The van der Waals surface area contributed by atoms with Crippen LogP contribution in [0.15, 0.2) is 41.8 Å². The Bertz CT molecular complexity index is 1480. The van der Waals surface area contributed by atoms with E-state index in [1.165, 1.54) is 17.4 Å². The van der Waals surface area contributed by atoms with Crippen molar-refractivity contribution in [3.8, 4) is 10.6 Å². The number of thiophene rings is 1. The highest BCUT2D eigenvalue weighted by atomic mass is 32.1. The summed E-state index contributed by atoms with van der Waals surface area (Å²) in [4.78, 5) is 13.9. The average Bonchev–Trinajstić information content (AvgIpc) is 3.66. The number of benzene rings is 1. The SMILES string of the molecule is Cc1nc(NC(c2cccs2)C(F)(F)F)nc(NC2CC(CO)C3OC(C)(C)OC23)c1-c1nc2ccccc2s1. The van der Waals surface area contributed by atoms with E-state index in [1.54, 1.807) is 18.4 Å². The zero-order valence-corrected chi connectivity index (χ0v) is 23.5. The largest absolute Gasteiger partial charge is 0.413 e. The molecule has 1 aliphatic heterocycles. The minimum Gasteiger partial charge on any atom is -0.396 e. The van der Waals surface area contributed by atoms with Crippen LogP contribution in [0.3, 0.4) is 0 Å². The number of nitrogens with zero attached hydrogens (tertiary/aromatic N) is 3. The van der Waals surface area contributed by atoms with E-state index in [2.05, 4.69) is 20.6 Å². The maximum Gasteiger partial charge on any atom is 0.413 e. The number of aromatic nitrogens is 3. The predicted molar refractivity (Wildman–Crippen MR) is 149 cm³/mol. The lowest BCUT2D eigenvalue weighted by atomic mass is 10.1. The molecule has 212 valence electrons. The molecule has 0 radical (unpaired) electrons. The molecular formula is C27H28F3N5O3S2. The van der Waals surface area contributed by atoms with Gasteiger partial charge in [0.2, 0.25) is 5.95 Å². The number of thiazole rings is 1. The van der Waals surface area contributed by atoms with E-state index >= 15 is 0 Å². The van der Waals surface area contributed by atoms with Gasteiger partial charge in [-0.05, 0) is 50.8 Å². The highest BCUT2D eigenvalue weighted by molar-refractivity contribution is 7.21. The van der Waals surface area contributed by atoms with Crippen molar-refractivity contribution >= 4 is 44.7 Å². The summed E-state index contributed by atoms with van der Waals surface area (Å²) in [6.45, 7) is 5.30. The minimum atomic E-state index is -4.56. The Morgan fingerprint density at radius 3 is 2.58 bits per heavy atom. The average molecular weight is 592 g/mol. The molecule has 5 atom stereocenters. The normalized spacial score (nSPS) is 24.8. The van der Waals surface area contributed by atoms with Gasteiger partial charge >= 0.3 is 6.18 Å². The quantitative estimate of drug-likeness (QED) is 0.235. The van der Waals surface area contributed by atoms with Crippen LogP contribution < -0.4 is 10.6 Å². The van der Waals surface area contributed by atoms with Gasteiger partial charge in [0.1, 0.15) is 16.9 Å². The molecule has 5 unspecified atom stereocenters. The van der Waals surface area contributed by atoms with Crippen molar-refractivity contribution in [3.63, 3.8) is 0 Å². The van der Waals surface area contributed by atoms with Crippen LogP contribution >= 0.6 is 22.7 Å². The van der Waals surface area contributed by atoms with Crippen molar-refractivity contribution in [2.24, 2.45) is 5.92 Å². The van der Waals surface area contributed by atoms with Crippen LogP contribution in [0.5, 0.6) is 0 Å². The summed E-state index contributed by atoms with van der Waals surface area (Å²) in [7, 11) is 0. The maximum atomic E-state index is 14.1. The monoisotopic (exact) mass is 591 g/mol. The molecule has 1 aliphatic carbocycles. The van der Waals surface area contributed by atoms with Crippen LogP contribution in [-0.2, 0) is 9.47 Å². The summed E-state index contributed by atoms with van der Waals surface area (Å²) in [5.41, 5.74) is 1.89. The molecule has 0 amide bonds. The van der Waals surface area contributed by atoms with Crippen molar-refractivity contribution in [3.05, 3.63) is 52.3 Å². The van der Waals surface area contributed by atoms with Gasteiger partial charge in [0.15, 0.2) is 11.8 Å². The van der Waals surface area contributed by atoms with E-state index < -0.39 is 18.0 Å². The molecule has 2 fully saturated rings. The molecule has 2 aliphatic rings. The molecule has 0 bridgehead atoms. The number of hydrogen-bond acceptors (Lipinski definition) is 10. The lowest BCUT2D eigenvalue weighted by Crippen LogP contribution is -2.35. The number of ether oxygens (including phenoxy) is 2. The number of halogens is 3. The molecule has 0 spiro atoms. The smallest absolute Gasteiger partial charge is 0.396 e. The van der Waals surface area contributed by atoms with Gasteiger partial charge in [-0.2, -0.15) is 18.2 Å². The number of anilines is 2. The van der Waals surface area contributed by atoms with Crippen molar-refractivity contribution in [1.82, 2.24) is 15.0 Å². The Labute approximate surface area is 236 Å². The van der Waals surface area contributed by atoms with Crippen LogP contribution in [0, 0.1) is 12.8 Å². The van der Waals surface area contributed by atoms with E-state index in [1.807, 2.05) is 38.1 Å². The Kier molecular flexibility index (Phi) is 6.98. The Hall–Kier alpha value is -2.84. The zero-order valence-electron chi connectivity index (χ0n) is 21.9. The van der Waals surface area contributed by atoms with Crippen molar-refractivity contribution in [1.29, 1.82) is 0 Å². The van der Waals surface area contributed by atoms with E-state index in [9.17, 15) is 18.3 Å². The topological polar surface area (TPSA) is 101 Å².